The zero-order chi connectivity index (χ0) is 19.6. The van der Waals surface area contributed by atoms with E-state index in [1.807, 2.05) is 0 Å². The van der Waals surface area contributed by atoms with Crippen LogP contribution in [0.1, 0.15) is 22.0 Å². The smallest absolute Gasteiger partial charge is 0.433 e. The van der Waals surface area contributed by atoms with Gasteiger partial charge in [-0.05, 0) is 30.3 Å². The van der Waals surface area contributed by atoms with Crippen molar-refractivity contribution >= 4 is 29.3 Å². The quantitative estimate of drug-likeness (QED) is 0.445. The topological polar surface area (TPSA) is 76.2 Å². The molecule has 5 nitrogen and oxygen atoms in total. The molecule has 2 heterocycles. The Labute approximate surface area is 160 Å². The minimum absolute atomic E-state index is 0.0780. The fourth-order valence-electron chi connectivity index (χ4n) is 2.11. The van der Waals surface area contributed by atoms with E-state index in [0.717, 1.165) is 17.8 Å². The van der Waals surface area contributed by atoms with Gasteiger partial charge in [0.15, 0.2) is 5.16 Å². The van der Waals surface area contributed by atoms with Crippen LogP contribution in [0.5, 0.6) is 0 Å². The van der Waals surface area contributed by atoms with Crippen molar-refractivity contribution in [1.29, 1.82) is 0 Å². The largest absolute Gasteiger partial charge is 0.475 e. The van der Waals surface area contributed by atoms with Gasteiger partial charge in [-0.15, -0.1) is 0 Å². The van der Waals surface area contributed by atoms with Gasteiger partial charge in [0.1, 0.15) is 11.5 Å². The number of carboxylic acid groups (broad SMARTS) is 1. The van der Waals surface area contributed by atoms with Crippen LogP contribution in [0.2, 0.25) is 5.02 Å². The number of carbonyl (C=O) groups is 1. The first kappa shape index (κ1) is 19.2. The number of aromatic nitrogens is 2. The van der Waals surface area contributed by atoms with E-state index in [0.29, 0.717) is 10.6 Å². The van der Waals surface area contributed by atoms with Crippen LogP contribution in [0.3, 0.4) is 0 Å². The summed E-state index contributed by atoms with van der Waals surface area (Å²) in [5.41, 5.74) is -0.516. The molecule has 3 aromatic rings. The summed E-state index contributed by atoms with van der Waals surface area (Å²) in [6, 6.07) is 9.79. The van der Waals surface area contributed by atoms with Crippen LogP contribution in [0, 0.1) is 0 Å². The van der Waals surface area contributed by atoms with E-state index >= 15 is 0 Å². The zero-order valence-electron chi connectivity index (χ0n) is 13.3. The number of rotatable bonds is 5. The Morgan fingerprint density at radius 3 is 2.44 bits per heavy atom. The second kappa shape index (κ2) is 7.61. The first-order valence-electron chi connectivity index (χ1n) is 7.39. The van der Waals surface area contributed by atoms with E-state index in [-0.39, 0.29) is 28.1 Å². The summed E-state index contributed by atoms with van der Waals surface area (Å²) < 4.78 is 44.6. The van der Waals surface area contributed by atoms with Gasteiger partial charge in [-0.3, -0.25) is 0 Å². The van der Waals surface area contributed by atoms with E-state index < -0.39 is 17.8 Å². The van der Waals surface area contributed by atoms with Gasteiger partial charge in [0, 0.05) is 10.6 Å². The van der Waals surface area contributed by atoms with Crippen LogP contribution >= 0.6 is 23.4 Å². The predicted molar refractivity (Wildman–Crippen MR) is 92.7 cm³/mol. The fourth-order valence-corrected chi connectivity index (χ4v) is 2.99. The first-order chi connectivity index (χ1) is 12.7. The van der Waals surface area contributed by atoms with Gasteiger partial charge in [-0.1, -0.05) is 35.5 Å². The van der Waals surface area contributed by atoms with Crippen LogP contribution in [-0.2, 0) is 11.9 Å². The molecule has 3 rings (SSSR count). The minimum Gasteiger partial charge on any atom is -0.475 e. The number of halogens is 4. The number of furan rings is 1. The van der Waals surface area contributed by atoms with Gasteiger partial charge in [0.25, 0.3) is 0 Å². The van der Waals surface area contributed by atoms with Crippen LogP contribution in [0.25, 0.3) is 11.3 Å². The molecule has 0 unspecified atom stereocenters. The lowest BCUT2D eigenvalue weighted by Crippen LogP contribution is -2.10. The molecule has 140 valence electrons. The maximum absolute atomic E-state index is 13.2. The highest BCUT2D eigenvalue weighted by atomic mass is 35.5. The number of aromatic carboxylic acids is 1. The molecule has 0 aliphatic carbocycles. The third kappa shape index (κ3) is 4.81. The van der Waals surface area contributed by atoms with E-state index in [1.54, 1.807) is 24.3 Å². The lowest BCUT2D eigenvalue weighted by atomic mass is 10.1. The van der Waals surface area contributed by atoms with Gasteiger partial charge in [-0.25, -0.2) is 14.8 Å². The zero-order valence-corrected chi connectivity index (χ0v) is 14.9. The molecule has 0 aliphatic heterocycles. The lowest BCUT2D eigenvalue weighted by molar-refractivity contribution is -0.141. The highest BCUT2D eigenvalue weighted by Gasteiger charge is 2.34. The Morgan fingerprint density at radius 2 is 1.85 bits per heavy atom. The molecule has 0 spiro atoms. The summed E-state index contributed by atoms with van der Waals surface area (Å²) in [6.45, 7) is 0. The molecule has 1 aromatic carbocycles. The normalized spacial score (nSPS) is 11.6. The van der Waals surface area contributed by atoms with Crippen LogP contribution in [-0.4, -0.2) is 21.0 Å². The van der Waals surface area contributed by atoms with E-state index in [4.69, 9.17) is 21.1 Å². The molecule has 0 fully saturated rings. The van der Waals surface area contributed by atoms with Crippen molar-refractivity contribution < 1.29 is 27.5 Å². The van der Waals surface area contributed by atoms with Crippen molar-refractivity contribution in [2.45, 2.75) is 17.1 Å². The van der Waals surface area contributed by atoms with Crippen molar-refractivity contribution in [3.8, 4) is 11.3 Å². The summed E-state index contributed by atoms with van der Waals surface area (Å²) in [5, 5.41) is 9.17. The minimum atomic E-state index is -4.64. The standard InChI is InChI=1S/C17H10ClF3N2O3S/c18-10-3-1-9(2-4-10)12-7-14(17(19,20)21)23-16(22-12)27-8-11-5-6-13(26-11)15(24)25/h1-7H,8H2,(H,24,25). The number of carboxylic acids is 1. The summed E-state index contributed by atoms with van der Waals surface area (Å²) in [6.07, 6.45) is -4.64. The molecule has 2 aromatic heterocycles. The van der Waals surface area contributed by atoms with Gasteiger partial charge in [0.05, 0.1) is 11.4 Å². The van der Waals surface area contributed by atoms with Gasteiger partial charge >= 0.3 is 12.1 Å². The molecule has 10 heteroatoms. The van der Waals surface area contributed by atoms with Crippen LogP contribution < -0.4 is 0 Å². The second-order valence-corrected chi connectivity index (χ2v) is 6.66. The maximum atomic E-state index is 13.2. The molecule has 0 bridgehead atoms. The molecule has 0 aliphatic rings. The number of hydrogen-bond donors (Lipinski definition) is 1. The number of hydrogen-bond acceptors (Lipinski definition) is 5. The number of alkyl halides is 3. The molecule has 0 atom stereocenters. The fraction of sp³-hybridized carbons (Fsp3) is 0.118. The molecule has 0 radical (unpaired) electrons. The van der Waals surface area contributed by atoms with Crippen molar-refractivity contribution in [3.05, 3.63) is 64.7 Å². The highest BCUT2D eigenvalue weighted by molar-refractivity contribution is 7.98. The molecule has 0 amide bonds. The molecular formula is C17H10ClF3N2O3S. The van der Waals surface area contributed by atoms with Crippen LogP contribution in [0.15, 0.2) is 52.0 Å². The van der Waals surface area contributed by atoms with Crippen molar-refractivity contribution in [2.75, 3.05) is 0 Å². The van der Waals surface area contributed by atoms with Crippen molar-refractivity contribution in [3.63, 3.8) is 0 Å². The molecule has 0 saturated heterocycles. The maximum Gasteiger partial charge on any atom is 0.433 e. The summed E-state index contributed by atoms with van der Waals surface area (Å²) >= 11 is 6.71. The average Bonchev–Trinajstić information content (AvgIpc) is 3.09. The number of thioether (sulfide) groups is 1. The van der Waals surface area contributed by atoms with E-state index in [2.05, 4.69) is 9.97 Å². The van der Waals surface area contributed by atoms with E-state index in [1.165, 1.54) is 12.1 Å². The summed E-state index contributed by atoms with van der Waals surface area (Å²) in [7, 11) is 0. The van der Waals surface area contributed by atoms with Crippen molar-refractivity contribution in [2.24, 2.45) is 0 Å². The molecule has 27 heavy (non-hydrogen) atoms. The van der Waals surface area contributed by atoms with Gasteiger partial charge in [0.2, 0.25) is 5.76 Å². The Hall–Kier alpha value is -2.52. The molecule has 1 N–H and O–H groups in total. The van der Waals surface area contributed by atoms with Crippen LogP contribution in [0.4, 0.5) is 13.2 Å². The third-order valence-electron chi connectivity index (χ3n) is 3.35. The Balaban J connectivity index is 1.90. The second-order valence-electron chi connectivity index (χ2n) is 5.29. The monoisotopic (exact) mass is 414 g/mol. The average molecular weight is 415 g/mol. The highest BCUT2D eigenvalue weighted by Crippen LogP contribution is 2.33. The molecular weight excluding hydrogens is 405 g/mol. The van der Waals surface area contributed by atoms with Gasteiger partial charge < -0.3 is 9.52 Å². The molecule has 0 saturated carbocycles. The number of benzene rings is 1. The lowest BCUT2D eigenvalue weighted by Gasteiger charge is -2.10. The number of nitrogens with zero attached hydrogens (tertiary/aromatic N) is 2. The third-order valence-corrected chi connectivity index (χ3v) is 4.47. The SMILES string of the molecule is O=C(O)c1ccc(CSc2nc(-c3ccc(Cl)cc3)cc(C(F)(F)F)n2)o1. The summed E-state index contributed by atoms with van der Waals surface area (Å²) in [5.74, 6) is -1.12. The predicted octanol–water partition coefficient (Wildman–Crippen LogP) is 5.40. The van der Waals surface area contributed by atoms with Crippen molar-refractivity contribution in [1.82, 2.24) is 9.97 Å². The first-order valence-corrected chi connectivity index (χ1v) is 8.76. The van der Waals surface area contributed by atoms with E-state index in [9.17, 15) is 18.0 Å². The van der Waals surface area contributed by atoms with Gasteiger partial charge in [-0.2, -0.15) is 13.2 Å². The summed E-state index contributed by atoms with van der Waals surface area (Å²) in [4.78, 5) is 18.5. The Morgan fingerprint density at radius 1 is 1.15 bits per heavy atom. The Bertz CT molecular complexity index is 974. The Kier molecular flexibility index (Phi) is 5.43.